The average Bonchev–Trinajstić information content (AvgIpc) is 0.766. The van der Waals surface area contributed by atoms with Crippen LogP contribution >= 0.6 is 11.8 Å². The molecule has 13 N–H and O–H groups in total. The predicted molar refractivity (Wildman–Crippen MR) is 447 cm³/mol. The quantitative estimate of drug-likeness (QED) is 0.00731. The first-order chi connectivity index (χ1) is 54.6. The minimum atomic E-state index is -1.58. The summed E-state index contributed by atoms with van der Waals surface area (Å²) in [5.74, 6) is -10.6. The summed E-state index contributed by atoms with van der Waals surface area (Å²) < 4.78 is 16.5. The molecule has 1 unspecified atom stereocenters. The maximum absolute atomic E-state index is 15.8. The van der Waals surface area contributed by atoms with Crippen molar-refractivity contribution in [2.75, 3.05) is 46.0 Å². The fourth-order valence-electron chi connectivity index (χ4n) is 13.4. The van der Waals surface area contributed by atoms with Gasteiger partial charge in [-0.25, -0.2) is 9.59 Å². The molecule has 6 aromatic carbocycles. The van der Waals surface area contributed by atoms with Crippen LogP contribution < -0.4 is 53.2 Å². The molecular formula is C88H118N12O14S. The number of thioether (sulfide) groups is 1. The Kier molecular flexibility index (Phi) is 36.6. The van der Waals surface area contributed by atoms with E-state index < -0.39 is 160 Å². The molecule has 26 nitrogen and oxygen atoms in total. The lowest BCUT2D eigenvalue weighted by Gasteiger charge is -2.37. The number of carboxylic acid groups (broad SMARTS) is 1. The van der Waals surface area contributed by atoms with E-state index in [0.717, 1.165) is 16.7 Å². The number of ether oxygens (including phenoxy) is 3. The van der Waals surface area contributed by atoms with Crippen LogP contribution in [0.15, 0.2) is 182 Å². The second-order valence-electron chi connectivity index (χ2n) is 31.4. The van der Waals surface area contributed by atoms with E-state index in [2.05, 4.69) is 53.2 Å². The van der Waals surface area contributed by atoms with Gasteiger partial charge in [-0.05, 0) is 148 Å². The van der Waals surface area contributed by atoms with Gasteiger partial charge in [0, 0.05) is 71.1 Å². The second kappa shape index (κ2) is 45.2. The van der Waals surface area contributed by atoms with E-state index in [1.807, 2.05) is 182 Å². The molecular weight excluding hydrogens is 1480 g/mol. The standard InChI is InChI=1S/C88H118N12O14S/c1-59(112-84(2,3)4)75(73(103)55-61(79(108)109)36-34-52-94-81(90)92-12)99-76(105)60(35-33-51-93-80(89)91-11)54-72(102)70(49-31-32-50-95-82(110)113-85(5,6)7)97-77(106)62(56-74(104)100-87(63-37-19-13-20-38-63,64-39-21-14-22-40-64)65-41-23-15-24-42-65)53-69(101)57-96-78(107)71(98-83(111)114-86(8,9)10)58-115-88(66-43-25-16-26-44-66,67-45-27-17-28-46-67)68-47-29-18-30-48-68/h13-30,37-48,59-62,70-71,75H,31-36,49-58H2,1-12H3,(H,95,110)(H,96,107)(H,97,106)(H,98,111)(H,99,105)(H,100,104)(H,108,109)(H3,89,91,93)(H3,90,92,94)/t59?,60-,61-,62+,70+,71-,75+/m1/s1. The fourth-order valence-corrected chi connectivity index (χ4v) is 15.0. The summed E-state index contributed by atoms with van der Waals surface area (Å²) >= 11 is 1.38. The number of amides is 6. The lowest BCUT2D eigenvalue weighted by atomic mass is 9.76. The number of ketones is 3. The molecule has 6 rings (SSSR count). The maximum Gasteiger partial charge on any atom is 0.408 e. The molecule has 0 heterocycles. The van der Waals surface area contributed by atoms with Crippen molar-refractivity contribution in [2.45, 2.75) is 191 Å². The molecule has 0 aliphatic heterocycles. The van der Waals surface area contributed by atoms with E-state index >= 15 is 28.8 Å². The van der Waals surface area contributed by atoms with Gasteiger partial charge >= 0.3 is 18.2 Å². The van der Waals surface area contributed by atoms with Gasteiger partial charge in [0.1, 0.15) is 28.8 Å². The van der Waals surface area contributed by atoms with Crippen molar-refractivity contribution >= 4 is 82.8 Å². The van der Waals surface area contributed by atoms with Crippen LogP contribution in [0.5, 0.6) is 0 Å². The molecule has 7 atom stereocenters. The molecule has 0 spiro atoms. The van der Waals surface area contributed by atoms with Crippen LogP contribution in [-0.4, -0.2) is 163 Å². The number of Topliss-reactive ketones (excluding diaryl/α,β-unsaturated/α-hetero) is 3. The third kappa shape index (κ3) is 30.4. The minimum absolute atomic E-state index is 0.0251. The highest BCUT2D eigenvalue weighted by molar-refractivity contribution is 8.00. The number of alkyl carbamates (subject to hydrolysis) is 2. The summed E-state index contributed by atoms with van der Waals surface area (Å²) in [5, 5.41) is 54.8. The summed E-state index contributed by atoms with van der Waals surface area (Å²) in [7, 11) is 3.10. The Hall–Kier alpha value is -10.9. The van der Waals surface area contributed by atoms with Gasteiger partial charge < -0.3 is 72.5 Å². The van der Waals surface area contributed by atoms with Gasteiger partial charge in [-0.3, -0.25) is 49.2 Å². The first-order valence-corrected chi connectivity index (χ1v) is 40.2. The Balaban J connectivity index is 1.42. The third-order valence-corrected chi connectivity index (χ3v) is 20.5. The first-order valence-electron chi connectivity index (χ1n) is 39.2. The molecule has 0 aliphatic rings. The molecule has 115 heavy (non-hydrogen) atoms. The number of guanidine groups is 2. The van der Waals surface area contributed by atoms with E-state index in [9.17, 15) is 24.3 Å². The number of carboxylic acids is 1. The molecule has 6 amide bonds. The first kappa shape index (κ1) is 92.9. The molecule has 0 aromatic heterocycles. The summed E-state index contributed by atoms with van der Waals surface area (Å²) in [6.45, 7) is 16.7. The number of carbonyl (C=O) groups is 10. The Bertz CT molecular complexity index is 3950. The van der Waals surface area contributed by atoms with Crippen LogP contribution in [-0.2, 0) is 62.9 Å². The molecule has 0 saturated heterocycles. The topological polar surface area (TPSA) is 387 Å². The molecule has 0 radical (unpaired) electrons. The maximum atomic E-state index is 15.8. The lowest BCUT2D eigenvalue weighted by molar-refractivity contribution is -0.146. The highest BCUT2D eigenvalue weighted by Gasteiger charge is 2.43. The molecule has 27 heteroatoms. The SMILES string of the molecule is CNC(=N)NCCC[C@H](CC(=O)[C@@H](NC(=O)[C@H](CCCNC(=N)NC)CC(=O)[C@H](CCCCNC(=O)OC(C)(C)C)NC(=O)[C@@H](CC(=O)CNC(=O)[C@@H](CSC(c1ccccc1)(c1ccccc1)c1ccccc1)NC(=O)OC(C)(C)C)CC(=O)NC(c1ccccc1)(c1ccccc1)c1ccccc1)C(C)OC(C)(C)C)C(=O)O. The van der Waals surface area contributed by atoms with Crippen molar-refractivity contribution in [3.63, 3.8) is 0 Å². The van der Waals surface area contributed by atoms with Crippen LogP contribution in [0.25, 0.3) is 0 Å². The number of hydrogen-bond donors (Lipinski definition) is 13. The van der Waals surface area contributed by atoms with Crippen molar-refractivity contribution in [1.82, 2.24) is 53.2 Å². The smallest absolute Gasteiger partial charge is 0.408 e. The van der Waals surface area contributed by atoms with Crippen molar-refractivity contribution in [2.24, 2.45) is 17.8 Å². The van der Waals surface area contributed by atoms with Crippen LogP contribution in [0, 0.1) is 28.6 Å². The Morgan fingerprint density at radius 3 is 1.28 bits per heavy atom. The number of nitrogens with one attached hydrogen (secondary N) is 12. The van der Waals surface area contributed by atoms with Gasteiger partial charge in [-0.15, -0.1) is 11.8 Å². The number of rotatable bonds is 44. The second-order valence-corrected chi connectivity index (χ2v) is 32.6. The van der Waals surface area contributed by atoms with E-state index in [4.69, 9.17) is 25.0 Å². The fraction of sp³-hybridized carbons (Fsp3) is 0.455. The zero-order chi connectivity index (χ0) is 84.4. The average molecular weight is 1600 g/mol. The lowest BCUT2D eigenvalue weighted by Crippen LogP contribution is -2.53. The number of benzene rings is 6. The number of aliphatic carboxylic acids is 1. The van der Waals surface area contributed by atoms with E-state index in [1.54, 1.807) is 83.3 Å². The third-order valence-electron chi connectivity index (χ3n) is 18.8. The van der Waals surface area contributed by atoms with Gasteiger partial charge in [0.2, 0.25) is 23.6 Å². The number of carbonyl (C=O) groups excluding carboxylic acids is 9. The van der Waals surface area contributed by atoms with E-state index in [-0.39, 0.29) is 82.3 Å². The zero-order valence-corrected chi connectivity index (χ0v) is 69.2. The molecule has 620 valence electrons. The van der Waals surface area contributed by atoms with Gasteiger partial charge in [0.25, 0.3) is 0 Å². The highest BCUT2D eigenvalue weighted by Crippen LogP contribution is 2.49. The molecule has 0 fully saturated rings. The Morgan fingerprint density at radius 1 is 0.426 bits per heavy atom. The highest BCUT2D eigenvalue weighted by atomic mass is 32.2. The summed E-state index contributed by atoms with van der Waals surface area (Å²) in [5.41, 5.74) is 0.455. The molecule has 0 bridgehead atoms. The van der Waals surface area contributed by atoms with E-state index in [0.29, 0.717) is 16.7 Å². The minimum Gasteiger partial charge on any atom is -0.481 e. The van der Waals surface area contributed by atoms with Crippen molar-refractivity contribution in [3.05, 3.63) is 215 Å². The molecule has 0 aliphatic carbocycles. The summed E-state index contributed by atoms with van der Waals surface area (Å²) in [6, 6.07) is 52.5. The molecule has 0 saturated carbocycles. The van der Waals surface area contributed by atoms with Crippen LogP contribution in [0.4, 0.5) is 9.59 Å². The van der Waals surface area contributed by atoms with Crippen molar-refractivity contribution in [1.29, 1.82) is 10.8 Å². The zero-order valence-electron chi connectivity index (χ0n) is 68.3. The largest absolute Gasteiger partial charge is 0.481 e. The Labute approximate surface area is 680 Å². The molecule has 6 aromatic rings. The van der Waals surface area contributed by atoms with Gasteiger partial charge in [-0.2, -0.15) is 0 Å². The van der Waals surface area contributed by atoms with Crippen LogP contribution in [0.2, 0.25) is 0 Å². The summed E-state index contributed by atoms with van der Waals surface area (Å²) in [4.78, 5) is 146. The van der Waals surface area contributed by atoms with Gasteiger partial charge in [-0.1, -0.05) is 182 Å². The van der Waals surface area contributed by atoms with Crippen molar-refractivity contribution in [3.8, 4) is 0 Å². The van der Waals surface area contributed by atoms with Crippen LogP contribution in [0.3, 0.4) is 0 Å². The van der Waals surface area contributed by atoms with Crippen molar-refractivity contribution < 1.29 is 67.3 Å². The predicted octanol–water partition coefficient (Wildman–Crippen LogP) is 10.9. The van der Waals surface area contributed by atoms with Gasteiger partial charge in [0.05, 0.1) is 40.9 Å². The summed E-state index contributed by atoms with van der Waals surface area (Å²) in [6.07, 6.45) is -4.31. The normalized spacial score (nSPS) is 13.5. The monoisotopic (exact) mass is 1600 g/mol. The van der Waals surface area contributed by atoms with E-state index in [1.165, 1.54) is 11.8 Å². The number of hydrogen-bond acceptors (Lipinski definition) is 16. The van der Waals surface area contributed by atoms with Crippen LogP contribution in [0.1, 0.15) is 173 Å². The number of unbranched alkanes of at least 4 members (excludes halogenated alkanes) is 1. The Morgan fingerprint density at radius 2 is 0.843 bits per heavy atom. The van der Waals surface area contributed by atoms with Gasteiger partial charge in [0.15, 0.2) is 29.3 Å².